The van der Waals surface area contributed by atoms with E-state index >= 15 is 0 Å². The molecule has 4 rings (SSSR count). The summed E-state index contributed by atoms with van der Waals surface area (Å²) >= 11 is 0. The fraction of sp³-hybridized carbons (Fsp3) is 0.231. The van der Waals surface area contributed by atoms with Crippen molar-refractivity contribution in [3.63, 3.8) is 0 Å². The minimum Gasteiger partial charge on any atom is -0.497 e. The number of likely N-dealkylation sites (tertiary alicyclic amines) is 1. The number of methoxy groups -OCH3 is 1. The number of nitrogens with one attached hydrogen (secondary N) is 1. The SMILES string of the molecule is C=Nc1cc(C#Cc2ccc(-c3ccc(OC)cc3)cn2)ccc1NCN1CCCC1. The molecular formula is C26H26N4O. The smallest absolute Gasteiger partial charge is 0.118 e. The first-order chi connectivity index (χ1) is 15.2. The van der Waals surface area contributed by atoms with Gasteiger partial charge in [0.05, 0.1) is 25.2 Å². The Hall–Kier alpha value is -3.62. The molecule has 1 saturated heterocycles. The first-order valence-corrected chi connectivity index (χ1v) is 10.4. The van der Waals surface area contributed by atoms with Gasteiger partial charge in [0.1, 0.15) is 11.4 Å². The molecule has 1 N–H and O–H groups in total. The Morgan fingerprint density at radius 1 is 1.03 bits per heavy atom. The van der Waals surface area contributed by atoms with Crippen LogP contribution in [0.2, 0.25) is 0 Å². The number of anilines is 1. The zero-order valence-electron chi connectivity index (χ0n) is 17.8. The lowest BCUT2D eigenvalue weighted by Crippen LogP contribution is -2.26. The van der Waals surface area contributed by atoms with Gasteiger partial charge >= 0.3 is 0 Å². The minimum absolute atomic E-state index is 0.724. The Morgan fingerprint density at radius 3 is 2.48 bits per heavy atom. The van der Waals surface area contributed by atoms with E-state index in [1.807, 2.05) is 60.8 Å². The predicted octanol–water partition coefficient (Wildman–Crippen LogP) is 4.95. The van der Waals surface area contributed by atoms with E-state index in [1.165, 1.54) is 12.8 Å². The molecule has 1 aromatic heterocycles. The van der Waals surface area contributed by atoms with Crippen molar-refractivity contribution in [3.8, 4) is 28.7 Å². The van der Waals surface area contributed by atoms with E-state index in [2.05, 4.69) is 38.8 Å². The van der Waals surface area contributed by atoms with E-state index < -0.39 is 0 Å². The number of benzene rings is 2. The highest BCUT2D eigenvalue weighted by Gasteiger charge is 2.11. The number of ether oxygens (including phenoxy) is 1. The number of pyridine rings is 1. The van der Waals surface area contributed by atoms with Crippen LogP contribution in [0.25, 0.3) is 11.1 Å². The van der Waals surface area contributed by atoms with E-state index in [1.54, 1.807) is 7.11 Å². The summed E-state index contributed by atoms with van der Waals surface area (Å²) < 4.78 is 5.21. The molecule has 156 valence electrons. The molecule has 0 spiro atoms. The number of rotatable bonds is 6. The first-order valence-electron chi connectivity index (χ1n) is 10.4. The van der Waals surface area contributed by atoms with Gasteiger partial charge in [-0.2, -0.15) is 0 Å². The van der Waals surface area contributed by atoms with Crippen molar-refractivity contribution in [2.45, 2.75) is 12.8 Å². The minimum atomic E-state index is 0.724. The van der Waals surface area contributed by atoms with Gasteiger partial charge in [0, 0.05) is 17.3 Å². The number of aromatic nitrogens is 1. The van der Waals surface area contributed by atoms with Crippen molar-refractivity contribution in [1.29, 1.82) is 0 Å². The summed E-state index contributed by atoms with van der Waals surface area (Å²) in [6.45, 7) is 6.84. The van der Waals surface area contributed by atoms with E-state index in [4.69, 9.17) is 4.74 Å². The van der Waals surface area contributed by atoms with Gasteiger partial charge in [-0.1, -0.05) is 24.1 Å². The van der Waals surface area contributed by atoms with Crippen LogP contribution < -0.4 is 10.1 Å². The molecule has 2 heterocycles. The summed E-state index contributed by atoms with van der Waals surface area (Å²) in [4.78, 5) is 11.1. The first kappa shape index (κ1) is 20.6. The van der Waals surface area contributed by atoms with Crippen molar-refractivity contribution < 1.29 is 4.74 Å². The highest BCUT2D eigenvalue weighted by atomic mass is 16.5. The predicted molar refractivity (Wildman–Crippen MR) is 127 cm³/mol. The van der Waals surface area contributed by atoms with Crippen LogP contribution in [-0.2, 0) is 0 Å². The van der Waals surface area contributed by atoms with Crippen molar-refractivity contribution in [2.75, 3.05) is 32.2 Å². The Morgan fingerprint density at radius 2 is 1.81 bits per heavy atom. The Kier molecular flexibility index (Phi) is 6.61. The molecule has 0 radical (unpaired) electrons. The lowest BCUT2D eigenvalue weighted by Gasteiger charge is -2.17. The topological polar surface area (TPSA) is 49.8 Å². The molecule has 0 atom stereocenters. The van der Waals surface area contributed by atoms with Gasteiger partial charge in [-0.15, -0.1) is 0 Å². The fourth-order valence-electron chi connectivity index (χ4n) is 3.59. The summed E-state index contributed by atoms with van der Waals surface area (Å²) in [6.07, 6.45) is 4.39. The summed E-state index contributed by atoms with van der Waals surface area (Å²) in [5.74, 6) is 7.15. The van der Waals surface area contributed by atoms with Gasteiger partial charge in [-0.05, 0) is 80.5 Å². The quantitative estimate of drug-likeness (QED) is 0.461. The highest BCUT2D eigenvalue weighted by molar-refractivity contribution is 5.70. The van der Waals surface area contributed by atoms with Crippen molar-refractivity contribution in [1.82, 2.24) is 9.88 Å². The molecule has 0 bridgehead atoms. The largest absolute Gasteiger partial charge is 0.497 e. The van der Waals surface area contributed by atoms with Gasteiger partial charge in [0.25, 0.3) is 0 Å². The Labute approximate surface area is 183 Å². The second-order valence-corrected chi connectivity index (χ2v) is 7.46. The van der Waals surface area contributed by atoms with Crippen LogP contribution in [0.15, 0.2) is 65.8 Å². The third-order valence-corrected chi connectivity index (χ3v) is 5.38. The van der Waals surface area contributed by atoms with Gasteiger partial charge in [-0.25, -0.2) is 4.98 Å². The second kappa shape index (κ2) is 9.92. The summed E-state index contributed by atoms with van der Waals surface area (Å²) in [7, 11) is 1.66. The number of hydrogen-bond donors (Lipinski definition) is 1. The average Bonchev–Trinajstić information content (AvgIpc) is 3.36. The van der Waals surface area contributed by atoms with E-state index in [0.29, 0.717) is 0 Å². The number of nitrogens with zero attached hydrogens (tertiary/aromatic N) is 3. The summed E-state index contributed by atoms with van der Waals surface area (Å²) in [5, 5.41) is 3.46. The van der Waals surface area contributed by atoms with Crippen molar-refractivity contribution >= 4 is 18.1 Å². The van der Waals surface area contributed by atoms with Crippen LogP contribution in [-0.4, -0.2) is 43.5 Å². The standard InChI is InChI=1S/C26H26N4O/c1-27-26-17-20(6-14-25(26)29-19-30-15-3-4-16-30)5-10-23-11-7-22(18-28-23)21-8-12-24(31-2)13-9-21/h6-9,11-14,17-18,29H,1,3-4,15-16,19H2,2H3. The van der Waals surface area contributed by atoms with Crippen LogP contribution in [0.1, 0.15) is 24.1 Å². The van der Waals surface area contributed by atoms with Crippen molar-refractivity contribution in [3.05, 3.63) is 72.1 Å². The molecule has 2 aromatic carbocycles. The normalized spacial score (nSPS) is 13.3. The molecule has 3 aromatic rings. The average molecular weight is 411 g/mol. The van der Waals surface area contributed by atoms with Gasteiger partial charge in [0.15, 0.2) is 0 Å². The van der Waals surface area contributed by atoms with Gasteiger partial charge in [0.2, 0.25) is 0 Å². The molecule has 1 aliphatic rings. The molecule has 0 amide bonds. The molecule has 1 fully saturated rings. The lowest BCUT2D eigenvalue weighted by molar-refractivity contribution is 0.364. The van der Waals surface area contributed by atoms with Crippen LogP contribution in [0.3, 0.4) is 0 Å². The van der Waals surface area contributed by atoms with Crippen LogP contribution >= 0.6 is 0 Å². The van der Waals surface area contributed by atoms with Gasteiger partial charge < -0.3 is 10.1 Å². The van der Waals surface area contributed by atoms with Crippen molar-refractivity contribution in [2.24, 2.45) is 4.99 Å². The van der Waals surface area contributed by atoms with E-state index in [9.17, 15) is 0 Å². The highest BCUT2D eigenvalue weighted by Crippen LogP contribution is 2.26. The fourth-order valence-corrected chi connectivity index (χ4v) is 3.59. The maximum Gasteiger partial charge on any atom is 0.118 e. The maximum absolute atomic E-state index is 5.21. The maximum atomic E-state index is 5.21. The monoisotopic (exact) mass is 410 g/mol. The molecule has 0 saturated carbocycles. The lowest BCUT2D eigenvalue weighted by atomic mass is 10.1. The Bertz CT molecular complexity index is 1090. The molecule has 5 heteroatoms. The second-order valence-electron chi connectivity index (χ2n) is 7.46. The summed E-state index contributed by atoms with van der Waals surface area (Å²) in [5.41, 5.74) is 5.53. The summed E-state index contributed by atoms with van der Waals surface area (Å²) in [6, 6.07) is 17.9. The molecule has 31 heavy (non-hydrogen) atoms. The van der Waals surface area contributed by atoms with Crippen LogP contribution in [0, 0.1) is 11.8 Å². The Balaban J connectivity index is 1.44. The number of hydrogen-bond acceptors (Lipinski definition) is 5. The molecule has 1 aliphatic heterocycles. The van der Waals surface area contributed by atoms with E-state index in [-0.39, 0.29) is 0 Å². The van der Waals surface area contributed by atoms with Crippen LogP contribution in [0.5, 0.6) is 5.75 Å². The van der Waals surface area contributed by atoms with E-state index in [0.717, 1.165) is 59.3 Å². The van der Waals surface area contributed by atoms with Crippen LogP contribution in [0.4, 0.5) is 11.4 Å². The zero-order valence-corrected chi connectivity index (χ0v) is 17.8. The molecular weight excluding hydrogens is 384 g/mol. The number of aliphatic imine (C=N–C) groups is 1. The zero-order chi connectivity index (χ0) is 21.5. The third kappa shape index (κ3) is 5.30. The van der Waals surface area contributed by atoms with Gasteiger partial charge in [-0.3, -0.25) is 9.89 Å². The molecule has 5 nitrogen and oxygen atoms in total. The molecule has 0 aliphatic carbocycles. The third-order valence-electron chi connectivity index (χ3n) is 5.38. The molecule has 0 unspecified atom stereocenters.